The van der Waals surface area contributed by atoms with E-state index in [2.05, 4.69) is 32.1 Å². The first-order chi connectivity index (χ1) is 9.21. The summed E-state index contributed by atoms with van der Waals surface area (Å²) in [6.07, 6.45) is 12.5. The Morgan fingerprint density at radius 1 is 1.11 bits per heavy atom. The fourth-order valence-electron chi connectivity index (χ4n) is 3.10. The van der Waals surface area contributed by atoms with Crippen molar-refractivity contribution in [2.75, 3.05) is 0 Å². The fraction of sp³-hybridized carbons (Fsp3) is 0.444. The Hall–Kier alpha value is -1.37. The molecular formula is C18H23F. The number of rotatable bonds is 5. The summed E-state index contributed by atoms with van der Waals surface area (Å²) in [5.41, 5.74) is 2.06. The summed E-state index contributed by atoms with van der Waals surface area (Å²) in [5, 5.41) is 0. The normalized spacial score (nSPS) is 17.3. The molecule has 0 atom stereocenters. The van der Waals surface area contributed by atoms with E-state index in [1.165, 1.54) is 31.7 Å². The molecule has 102 valence electrons. The summed E-state index contributed by atoms with van der Waals surface area (Å²) in [5.74, 6) is -0.128. The van der Waals surface area contributed by atoms with Crippen LogP contribution in [0.2, 0.25) is 0 Å². The Labute approximate surface area is 116 Å². The second-order valence-corrected chi connectivity index (χ2v) is 5.54. The fourth-order valence-corrected chi connectivity index (χ4v) is 3.10. The predicted molar refractivity (Wildman–Crippen MR) is 80.4 cm³/mol. The van der Waals surface area contributed by atoms with Crippen molar-refractivity contribution in [3.63, 3.8) is 0 Å². The van der Waals surface area contributed by atoms with E-state index in [-0.39, 0.29) is 5.82 Å². The first-order valence-corrected chi connectivity index (χ1v) is 7.35. The van der Waals surface area contributed by atoms with Crippen molar-refractivity contribution < 1.29 is 4.39 Å². The van der Waals surface area contributed by atoms with Crippen LogP contribution < -0.4 is 0 Å². The summed E-state index contributed by atoms with van der Waals surface area (Å²) >= 11 is 0. The lowest BCUT2D eigenvalue weighted by Gasteiger charge is -2.32. The number of hydrogen-bond donors (Lipinski definition) is 0. The topological polar surface area (TPSA) is 0 Å². The van der Waals surface area contributed by atoms with Crippen molar-refractivity contribution in [1.29, 1.82) is 0 Å². The van der Waals surface area contributed by atoms with Crippen molar-refractivity contribution in [2.45, 2.75) is 46.0 Å². The van der Waals surface area contributed by atoms with Crippen LogP contribution in [0.15, 0.2) is 42.5 Å². The van der Waals surface area contributed by atoms with Gasteiger partial charge in [0, 0.05) is 5.56 Å². The van der Waals surface area contributed by atoms with Gasteiger partial charge in [-0.3, -0.25) is 0 Å². The molecule has 1 aliphatic rings. The zero-order chi connectivity index (χ0) is 13.7. The first-order valence-electron chi connectivity index (χ1n) is 7.35. The summed E-state index contributed by atoms with van der Waals surface area (Å²) in [4.78, 5) is 0. The maximum Gasteiger partial charge on any atom is 0.131 e. The minimum atomic E-state index is -0.128. The van der Waals surface area contributed by atoms with Crippen LogP contribution in [0.3, 0.4) is 0 Å². The van der Waals surface area contributed by atoms with Gasteiger partial charge in [-0.25, -0.2) is 4.39 Å². The second-order valence-electron chi connectivity index (χ2n) is 5.54. The molecule has 0 unspecified atom stereocenters. The van der Waals surface area contributed by atoms with Gasteiger partial charge >= 0.3 is 0 Å². The molecule has 0 spiro atoms. The lowest BCUT2D eigenvalue weighted by Crippen LogP contribution is -2.19. The number of benzene rings is 1. The average Bonchev–Trinajstić information content (AvgIpc) is 2.41. The summed E-state index contributed by atoms with van der Waals surface area (Å²) in [6.45, 7) is 4.47. The van der Waals surface area contributed by atoms with Gasteiger partial charge in [0.15, 0.2) is 0 Å². The number of halogens is 1. The number of allylic oxidation sites excluding steroid dienone is 4. The quantitative estimate of drug-likeness (QED) is 0.630. The average molecular weight is 258 g/mol. The monoisotopic (exact) mass is 258 g/mol. The molecule has 0 saturated heterocycles. The molecule has 0 nitrogen and oxygen atoms in total. The molecule has 0 fully saturated rings. The summed E-state index contributed by atoms with van der Waals surface area (Å²) < 4.78 is 13.8. The number of hydrogen-bond acceptors (Lipinski definition) is 0. The van der Waals surface area contributed by atoms with Crippen molar-refractivity contribution in [2.24, 2.45) is 5.41 Å². The third kappa shape index (κ3) is 3.15. The van der Waals surface area contributed by atoms with E-state index < -0.39 is 0 Å². The van der Waals surface area contributed by atoms with Crippen molar-refractivity contribution in [3.05, 3.63) is 53.9 Å². The van der Waals surface area contributed by atoms with Crippen LogP contribution in [0.5, 0.6) is 0 Å². The first kappa shape index (κ1) is 14.0. The highest BCUT2D eigenvalue weighted by Crippen LogP contribution is 2.40. The van der Waals surface area contributed by atoms with Crippen molar-refractivity contribution in [3.8, 4) is 0 Å². The Morgan fingerprint density at radius 2 is 1.79 bits per heavy atom. The molecule has 19 heavy (non-hydrogen) atoms. The smallest absolute Gasteiger partial charge is 0.131 e. The van der Waals surface area contributed by atoms with E-state index in [1.54, 1.807) is 6.07 Å². The van der Waals surface area contributed by atoms with Crippen LogP contribution in [0.1, 0.15) is 51.5 Å². The molecule has 2 rings (SSSR count). The zero-order valence-corrected chi connectivity index (χ0v) is 12.0. The molecule has 0 aromatic heterocycles. The molecule has 0 N–H and O–H groups in total. The van der Waals surface area contributed by atoms with Gasteiger partial charge in [-0.1, -0.05) is 63.1 Å². The van der Waals surface area contributed by atoms with Gasteiger partial charge in [-0.2, -0.15) is 0 Å². The van der Waals surface area contributed by atoms with Gasteiger partial charge < -0.3 is 0 Å². The molecule has 1 aliphatic carbocycles. The van der Waals surface area contributed by atoms with E-state index in [4.69, 9.17) is 0 Å². The molecule has 1 aromatic rings. The molecular weight excluding hydrogens is 235 g/mol. The molecule has 0 bridgehead atoms. The molecule has 1 heteroatoms. The van der Waals surface area contributed by atoms with Crippen LogP contribution in [-0.4, -0.2) is 0 Å². The van der Waals surface area contributed by atoms with E-state index in [0.717, 1.165) is 17.6 Å². The summed E-state index contributed by atoms with van der Waals surface area (Å²) in [6, 6.07) is 7.03. The van der Waals surface area contributed by atoms with Gasteiger partial charge in [-0.05, 0) is 36.3 Å². The molecule has 0 aliphatic heterocycles. The van der Waals surface area contributed by atoms with Gasteiger partial charge in [0.25, 0.3) is 0 Å². The standard InChI is InChI=1S/C18H23F/c1-3-11-18(12-4-2)13-9-15(10-14-18)16-7-5-6-8-17(16)19/h5-10,13H,3-4,11-12,14H2,1-2H3. The lowest BCUT2D eigenvalue weighted by atomic mass is 9.73. The van der Waals surface area contributed by atoms with Gasteiger partial charge in [-0.15, -0.1) is 0 Å². The van der Waals surface area contributed by atoms with Gasteiger partial charge in [0.1, 0.15) is 5.82 Å². The maximum absolute atomic E-state index is 13.8. The highest BCUT2D eigenvalue weighted by molar-refractivity contribution is 5.75. The molecule has 0 radical (unpaired) electrons. The highest BCUT2D eigenvalue weighted by atomic mass is 19.1. The van der Waals surface area contributed by atoms with Crippen LogP contribution in [0.4, 0.5) is 4.39 Å². The minimum absolute atomic E-state index is 0.128. The van der Waals surface area contributed by atoms with Crippen LogP contribution in [-0.2, 0) is 0 Å². The molecule has 0 saturated carbocycles. The van der Waals surface area contributed by atoms with Crippen LogP contribution in [0, 0.1) is 11.2 Å². The minimum Gasteiger partial charge on any atom is -0.206 e. The van der Waals surface area contributed by atoms with E-state index in [1.807, 2.05) is 12.1 Å². The van der Waals surface area contributed by atoms with Crippen molar-refractivity contribution >= 4 is 5.57 Å². The Morgan fingerprint density at radius 3 is 2.32 bits per heavy atom. The maximum atomic E-state index is 13.8. The Balaban J connectivity index is 2.20. The molecule has 1 aromatic carbocycles. The lowest BCUT2D eigenvalue weighted by molar-refractivity contribution is 0.317. The largest absolute Gasteiger partial charge is 0.206 e. The molecule has 0 heterocycles. The van der Waals surface area contributed by atoms with E-state index >= 15 is 0 Å². The summed E-state index contributed by atoms with van der Waals surface area (Å²) in [7, 11) is 0. The van der Waals surface area contributed by atoms with Crippen molar-refractivity contribution in [1.82, 2.24) is 0 Å². The second kappa shape index (κ2) is 6.18. The van der Waals surface area contributed by atoms with Gasteiger partial charge in [0.05, 0.1) is 0 Å². The van der Waals surface area contributed by atoms with Crippen LogP contribution in [0.25, 0.3) is 5.57 Å². The highest BCUT2D eigenvalue weighted by Gasteiger charge is 2.26. The Kier molecular flexibility index (Phi) is 4.57. The third-order valence-corrected chi connectivity index (χ3v) is 4.03. The van der Waals surface area contributed by atoms with Gasteiger partial charge in [0.2, 0.25) is 0 Å². The molecule has 0 amide bonds. The third-order valence-electron chi connectivity index (χ3n) is 4.03. The Bertz CT molecular complexity index is 476. The zero-order valence-electron chi connectivity index (χ0n) is 12.0. The van der Waals surface area contributed by atoms with E-state index in [9.17, 15) is 4.39 Å². The van der Waals surface area contributed by atoms with E-state index in [0.29, 0.717) is 5.41 Å². The predicted octanol–water partition coefficient (Wildman–Crippen LogP) is 5.76. The SMILES string of the molecule is CCCC1(CCC)C=CC(c2ccccc2F)=CC1. The van der Waals surface area contributed by atoms with Crippen LogP contribution >= 0.6 is 0 Å².